The van der Waals surface area contributed by atoms with E-state index in [2.05, 4.69) is 0 Å². The Bertz CT molecular complexity index is 593. The van der Waals surface area contributed by atoms with Crippen molar-refractivity contribution in [2.75, 3.05) is 20.3 Å². The lowest BCUT2D eigenvalue weighted by atomic mass is 9.85. The largest absolute Gasteiger partial charge is 0.496 e. The topological polar surface area (TPSA) is 76.1 Å². The van der Waals surface area contributed by atoms with E-state index in [4.69, 9.17) is 9.47 Å². The SMILES string of the molecule is COc1ccccc1[C@@H](CO)C(=O)N1C(=O)OC[C@H]1C(C)(C)C. The summed E-state index contributed by atoms with van der Waals surface area (Å²) in [5, 5.41) is 9.75. The second kappa shape index (κ2) is 6.58. The van der Waals surface area contributed by atoms with Crippen LogP contribution < -0.4 is 4.74 Å². The molecular formula is C17H23NO5. The number of benzene rings is 1. The van der Waals surface area contributed by atoms with E-state index in [9.17, 15) is 14.7 Å². The van der Waals surface area contributed by atoms with Crippen LogP contribution in [0.5, 0.6) is 5.75 Å². The maximum absolute atomic E-state index is 12.9. The van der Waals surface area contributed by atoms with Crippen LogP contribution in [-0.2, 0) is 9.53 Å². The molecule has 1 N–H and O–H groups in total. The maximum atomic E-state index is 12.9. The highest BCUT2D eigenvalue weighted by Gasteiger charge is 2.46. The molecule has 23 heavy (non-hydrogen) atoms. The van der Waals surface area contributed by atoms with E-state index in [0.717, 1.165) is 4.90 Å². The first-order valence-electron chi connectivity index (χ1n) is 7.54. The van der Waals surface area contributed by atoms with E-state index in [1.54, 1.807) is 24.3 Å². The number of amides is 2. The van der Waals surface area contributed by atoms with Crippen molar-refractivity contribution in [2.45, 2.75) is 32.7 Å². The first-order valence-corrected chi connectivity index (χ1v) is 7.54. The monoisotopic (exact) mass is 321 g/mol. The molecule has 0 radical (unpaired) electrons. The minimum atomic E-state index is -0.873. The van der Waals surface area contributed by atoms with Gasteiger partial charge < -0.3 is 14.6 Å². The molecule has 126 valence electrons. The number of methoxy groups -OCH3 is 1. The molecule has 1 fully saturated rings. The van der Waals surface area contributed by atoms with Crippen LogP contribution in [0.15, 0.2) is 24.3 Å². The molecular weight excluding hydrogens is 298 g/mol. The number of aliphatic hydroxyl groups is 1. The quantitative estimate of drug-likeness (QED) is 0.920. The Kier molecular flexibility index (Phi) is 4.94. The highest BCUT2D eigenvalue weighted by molar-refractivity contribution is 5.97. The molecule has 1 aromatic rings. The zero-order valence-corrected chi connectivity index (χ0v) is 13.9. The lowest BCUT2D eigenvalue weighted by Crippen LogP contribution is -2.48. The third-order valence-electron chi connectivity index (χ3n) is 4.11. The van der Waals surface area contributed by atoms with Gasteiger partial charge in [0.2, 0.25) is 5.91 Å². The molecule has 0 unspecified atom stereocenters. The summed E-state index contributed by atoms with van der Waals surface area (Å²) in [5.41, 5.74) is 0.234. The van der Waals surface area contributed by atoms with Crippen molar-refractivity contribution in [2.24, 2.45) is 5.41 Å². The summed E-state index contributed by atoms with van der Waals surface area (Å²) in [6.45, 7) is 5.57. The fraction of sp³-hybridized carbons (Fsp3) is 0.529. The van der Waals surface area contributed by atoms with Crippen molar-refractivity contribution in [1.29, 1.82) is 0 Å². The maximum Gasteiger partial charge on any atom is 0.417 e. The summed E-state index contributed by atoms with van der Waals surface area (Å²) in [6, 6.07) is 6.60. The summed E-state index contributed by atoms with van der Waals surface area (Å²) in [7, 11) is 1.50. The van der Waals surface area contributed by atoms with Crippen LogP contribution in [0.25, 0.3) is 0 Å². The number of hydrogen-bond donors (Lipinski definition) is 1. The Labute approximate surface area is 136 Å². The van der Waals surface area contributed by atoms with E-state index in [-0.39, 0.29) is 18.1 Å². The number of nitrogens with zero attached hydrogens (tertiary/aromatic N) is 1. The van der Waals surface area contributed by atoms with Gasteiger partial charge in [0, 0.05) is 5.56 Å². The molecule has 6 nitrogen and oxygen atoms in total. The molecule has 6 heteroatoms. The fourth-order valence-electron chi connectivity index (χ4n) is 2.73. The number of carbonyl (C=O) groups is 2. The summed E-state index contributed by atoms with van der Waals surface area (Å²) in [6.07, 6.45) is -0.664. The molecule has 0 bridgehead atoms. The molecule has 1 aromatic carbocycles. The highest BCUT2D eigenvalue weighted by Crippen LogP contribution is 2.34. The highest BCUT2D eigenvalue weighted by atomic mass is 16.6. The number of carbonyl (C=O) groups excluding carboxylic acids is 2. The zero-order valence-electron chi connectivity index (χ0n) is 13.9. The number of imide groups is 1. The van der Waals surface area contributed by atoms with E-state index in [0.29, 0.717) is 11.3 Å². The molecule has 1 aliphatic heterocycles. The first-order chi connectivity index (χ1) is 10.8. The third-order valence-corrected chi connectivity index (χ3v) is 4.11. The van der Waals surface area contributed by atoms with Crippen LogP contribution in [0.3, 0.4) is 0 Å². The van der Waals surface area contributed by atoms with Gasteiger partial charge in [-0.25, -0.2) is 9.69 Å². The fourth-order valence-corrected chi connectivity index (χ4v) is 2.73. The van der Waals surface area contributed by atoms with Gasteiger partial charge in [-0.2, -0.15) is 0 Å². The first kappa shape index (κ1) is 17.3. The van der Waals surface area contributed by atoms with Crippen LogP contribution in [-0.4, -0.2) is 48.4 Å². The van der Waals surface area contributed by atoms with Gasteiger partial charge in [0.25, 0.3) is 0 Å². The second-order valence-electron chi connectivity index (χ2n) is 6.64. The minimum Gasteiger partial charge on any atom is -0.496 e. The molecule has 0 aliphatic carbocycles. The Morgan fingerprint density at radius 1 is 1.43 bits per heavy atom. The number of para-hydroxylation sites is 1. The van der Waals surface area contributed by atoms with Gasteiger partial charge in [0.15, 0.2) is 0 Å². The summed E-state index contributed by atoms with van der Waals surface area (Å²) < 4.78 is 10.3. The summed E-state index contributed by atoms with van der Waals surface area (Å²) in [4.78, 5) is 26.1. The molecule has 1 heterocycles. The van der Waals surface area contributed by atoms with Gasteiger partial charge in [-0.3, -0.25) is 4.79 Å². The van der Waals surface area contributed by atoms with Gasteiger partial charge in [0.1, 0.15) is 12.4 Å². The van der Waals surface area contributed by atoms with E-state index in [1.165, 1.54) is 7.11 Å². The average Bonchev–Trinajstić information content (AvgIpc) is 2.90. The molecule has 0 saturated carbocycles. The van der Waals surface area contributed by atoms with Gasteiger partial charge in [0.05, 0.1) is 25.7 Å². The van der Waals surface area contributed by atoms with Gasteiger partial charge >= 0.3 is 6.09 Å². The standard InChI is InChI=1S/C17H23NO5/c1-17(2,3)14-10-23-16(21)18(14)15(20)12(9-19)11-7-5-6-8-13(11)22-4/h5-8,12,14,19H,9-10H2,1-4H3/t12-,14+/m1/s1. The molecule has 1 saturated heterocycles. The van der Waals surface area contributed by atoms with Crippen molar-refractivity contribution in [3.8, 4) is 5.75 Å². The summed E-state index contributed by atoms with van der Waals surface area (Å²) in [5.74, 6) is -0.846. The van der Waals surface area contributed by atoms with Crippen molar-refractivity contribution in [3.05, 3.63) is 29.8 Å². The Hall–Kier alpha value is -2.08. The Balaban J connectivity index is 2.37. The number of aliphatic hydroxyl groups excluding tert-OH is 1. The predicted octanol–water partition coefficient (Wildman–Crippen LogP) is 2.16. The lowest BCUT2D eigenvalue weighted by Gasteiger charge is -2.32. The third kappa shape index (κ3) is 3.32. The van der Waals surface area contributed by atoms with Crippen LogP contribution in [0.2, 0.25) is 0 Å². The Morgan fingerprint density at radius 3 is 2.65 bits per heavy atom. The van der Waals surface area contributed by atoms with Gasteiger partial charge in [-0.05, 0) is 11.5 Å². The van der Waals surface area contributed by atoms with Gasteiger partial charge in [-0.1, -0.05) is 39.0 Å². The molecule has 1 aliphatic rings. The van der Waals surface area contributed by atoms with E-state index in [1.807, 2.05) is 20.8 Å². The number of hydrogen-bond acceptors (Lipinski definition) is 5. The lowest BCUT2D eigenvalue weighted by molar-refractivity contribution is -0.133. The van der Waals surface area contributed by atoms with Crippen LogP contribution in [0, 0.1) is 5.41 Å². The number of ether oxygens (including phenoxy) is 2. The Morgan fingerprint density at radius 2 is 2.09 bits per heavy atom. The van der Waals surface area contributed by atoms with Crippen LogP contribution in [0.1, 0.15) is 32.3 Å². The molecule has 2 amide bonds. The number of cyclic esters (lactones) is 1. The summed E-state index contributed by atoms with van der Waals surface area (Å²) >= 11 is 0. The smallest absolute Gasteiger partial charge is 0.417 e. The minimum absolute atomic E-state index is 0.165. The van der Waals surface area contributed by atoms with E-state index < -0.39 is 24.5 Å². The van der Waals surface area contributed by atoms with Crippen molar-refractivity contribution in [1.82, 2.24) is 4.90 Å². The number of rotatable bonds is 4. The van der Waals surface area contributed by atoms with Gasteiger partial charge in [-0.15, -0.1) is 0 Å². The van der Waals surface area contributed by atoms with E-state index >= 15 is 0 Å². The van der Waals surface area contributed by atoms with Crippen molar-refractivity contribution >= 4 is 12.0 Å². The molecule has 2 rings (SSSR count). The van der Waals surface area contributed by atoms with Crippen LogP contribution >= 0.6 is 0 Å². The molecule has 2 atom stereocenters. The predicted molar refractivity (Wildman–Crippen MR) is 84.3 cm³/mol. The average molecular weight is 321 g/mol. The second-order valence-corrected chi connectivity index (χ2v) is 6.64. The molecule has 0 spiro atoms. The molecule has 0 aromatic heterocycles. The van der Waals surface area contributed by atoms with Crippen LogP contribution in [0.4, 0.5) is 4.79 Å². The van der Waals surface area contributed by atoms with Crippen molar-refractivity contribution in [3.63, 3.8) is 0 Å². The normalized spacial score (nSPS) is 19.4. The zero-order chi connectivity index (χ0) is 17.2. The van der Waals surface area contributed by atoms with Crippen molar-refractivity contribution < 1.29 is 24.2 Å².